The van der Waals surface area contributed by atoms with Crippen molar-refractivity contribution < 1.29 is 10.2 Å². The molecule has 0 aliphatic heterocycles. The predicted octanol–water partition coefficient (Wildman–Crippen LogP) is 2.92. The number of aliphatic hydroxyl groups excluding tert-OH is 2. The lowest BCUT2D eigenvalue weighted by molar-refractivity contribution is 0.269. The lowest BCUT2D eigenvalue weighted by Crippen LogP contribution is -2.08. The number of rotatable bonds is 4. The molecule has 4 atom stereocenters. The lowest BCUT2D eigenvalue weighted by Gasteiger charge is -2.06. The second kappa shape index (κ2) is 7.30. The molecule has 2 aromatic rings. The summed E-state index contributed by atoms with van der Waals surface area (Å²) in [5.41, 5.74) is 1.29. The smallest absolute Gasteiger partial charge is 0.0877 e. The van der Waals surface area contributed by atoms with E-state index in [0.717, 1.165) is 24.0 Å². The summed E-state index contributed by atoms with van der Waals surface area (Å²) in [4.78, 5) is 0. The van der Waals surface area contributed by atoms with Crippen molar-refractivity contribution in [3.05, 3.63) is 71.8 Å². The molecule has 132 valence electrons. The Labute approximate surface area is 154 Å². The zero-order valence-corrected chi connectivity index (χ0v) is 14.5. The normalized spacial score (nSPS) is 30.9. The summed E-state index contributed by atoms with van der Waals surface area (Å²) in [6, 6.07) is 24.0. The van der Waals surface area contributed by atoms with Gasteiger partial charge in [0, 0.05) is 25.0 Å². The first-order valence-corrected chi connectivity index (χ1v) is 8.82. The third-order valence-electron chi connectivity index (χ3n) is 5.63. The Morgan fingerprint density at radius 3 is 1.31 bits per heavy atom. The number of aliphatic hydroxyl groups is 2. The van der Waals surface area contributed by atoms with Crippen LogP contribution >= 0.6 is 0 Å². The molecule has 2 fully saturated rings. The van der Waals surface area contributed by atoms with Crippen molar-refractivity contribution in [2.24, 2.45) is 11.8 Å². The zero-order chi connectivity index (χ0) is 18.6. The Balaban J connectivity index is 0.000000151. The topological polar surface area (TPSA) is 88.0 Å². The van der Waals surface area contributed by atoms with E-state index >= 15 is 0 Å². The minimum Gasteiger partial charge on any atom is -0.396 e. The molecule has 0 spiro atoms. The second-order valence-electron chi connectivity index (χ2n) is 7.07. The van der Waals surface area contributed by atoms with Gasteiger partial charge in [0.05, 0.1) is 23.0 Å². The highest BCUT2D eigenvalue weighted by molar-refractivity contribution is 5.42. The van der Waals surface area contributed by atoms with Crippen LogP contribution in [-0.2, 0) is 10.8 Å². The van der Waals surface area contributed by atoms with Crippen LogP contribution in [0.1, 0.15) is 24.0 Å². The molecule has 0 amide bonds. The maximum atomic E-state index is 9.05. The predicted molar refractivity (Wildman–Crippen MR) is 97.9 cm³/mol. The van der Waals surface area contributed by atoms with E-state index in [9.17, 15) is 0 Å². The van der Waals surface area contributed by atoms with Crippen molar-refractivity contribution >= 4 is 0 Å². The van der Waals surface area contributed by atoms with Crippen LogP contribution in [-0.4, -0.2) is 23.4 Å². The van der Waals surface area contributed by atoms with Gasteiger partial charge >= 0.3 is 0 Å². The van der Waals surface area contributed by atoms with E-state index in [1.54, 1.807) is 0 Å². The van der Waals surface area contributed by atoms with Crippen LogP contribution in [0.15, 0.2) is 60.7 Å². The molecule has 0 radical (unpaired) electrons. The van der Waals surface area contributed by atoms with Crippen LogP contribution in [0.25, 0.3) is 0 Å². The van der Waals surface area contributed by atoms with Crippen molar-refractivity contribution in [2.75, 3.05) is 13.2 Å². The molecule has 4 heteroatoms. The fourth-order valence-electron chi connectivity index (χ4n) is 3.68. The maximum Gasteiger partial charge on any atom is 0.0877 e. The first-order valence-electron chi connectivity index (χ1n) is 8.82. The molecule has 2 aromatic carbocycles. The summed E-state index contributed by atoms with van der Waals surface area (Å²) in [6.45, 7) is 0.227. The number of benzene rings is 2. The van der Waals surface area contributed by atoms with Gasteiger partial charge in [0.2, 0.25) is 0 Å². The van der Waals surface area contributed by atoms with E-state index in [0.29, 0.717) is 0 Å². The van der Waals surface area contributed by atoms with Crippen LogP contribution in [0.2, 0.25) is 0 Å². The lowest BCUT2D eigenvalue weighted by atomic mass is 9.95. The minimum atomic E-state index is -0.393. The number of nitriles is 2. The molecule has 2 N–H and O–H groups in total. The summed E-state index contributed by atoms with van der Waals surface area (Å²) in [7, 11) is 0. The molecule has 0 heterocycles. The molecule has 2 saturated carbocycles. The molecule has 4 nitrogen and oxygen atoms in total. The summed E-state index contributed by atoms with van der Waals surface area (Å²) in [5, 5.41) is 36.1. The average molecular weight is 346 g/mol. The maximum absolute atomic E-state index is 9.05. The molecular formula is C22H22N2O2. The Hall–Kier alpha value is -2.66. The summed E-state index contributed by atoms with van der Waals surface area (Å²) in [5.74, 6) is 0.278. The van der Waals surface area contributed by atoms with E-state index in [2.05, 4.69) is 12.1 Å². The monoisotopic (exact) mass is 346 g/mol. The number of hydrogen-bond acceptors (Lipinski definition) is 4. The molecule has 4 rings (SSSR count). The molecule has 0 bridgehead atoms. The summed E-state index contributed by atoms with van der Waals surface area (Å²) in [6.07, 6.45) is 1.59. The average Bonchev–Trinajstić information content (AvgIpc) is 3.63. The highest BCUT2D eigenvalue weighted by Crippen LogP contribution is 2.54. The van der Waals surface area contributed by atoms with Crippen LogP contribution in [0.5, 0.6) is 0 Å². The Morgan fingerprint density at radius 1 is 0.731 bits per heavy atom. The third-order valence-corrected chi connectivity index (χ3v) is 5.63. The van der Waals surface area contributed by atoms with Gasteiger partial charge in [-0.15, -0.1) is 0 Å². The van der Waals surface area contributed by atoms with Crippen molar-refractivity contribution in [1.82, 2.24) is 0 Å². The fraction of sp³-hybridized carbons (Fsp3) is 0.364. The molecular weight excluding hydrogens is 324 g/mol. The van der Waals surface area contributed by atoms with E-state index < -0.39 is 10.8 Å². The van der Waals surface area contributed by atoms with Crippen LogP contribution in [0.3, 0.4) is 0 Å². The largest absolute Gasteiger partial charge is 0.396 e. The molecule has 2 aliphatic carbocycles. The van der Waals surface area contributed by atoms with Crippen molar-refractivity contribution in [3.63, 3.8) is 0 Å². The molecule has 0 saturated heterocycles. The van der Waals surface area contributed by atoms with Gasteiger partial charge in [0.1, 0.15) is 0 Å². The van der Waals surface area contributed by atoms with Gasteiger partial charge in [-0.2, -0.15) is 10.5 Å². The standard InChI is InChI=1S/2C11H11NO/c2*12-8-11(6-10(11)7-13)9-4-2-1-3-5-9/h2*1-5,10,13H,6-7H2/t10-,11+;10-,11-/m11/s1. The van der Waals surface area contributed by atoms with E-state index in [4.69, 9.17) is 20.7 Å². The van der Waals surface area contributed by atoms with Gasteiger partial charge in [0.25, 0.3) is 0 Å². The highest BCUT2D eigenvalue weighted by Gasteiger charge is 2.56. The highest BCUT2D eigenvalue weighted by atomic mass is 16.3. The Kier molecular flexibility index (Phi) is 5.09. The number of nitrogens with zero attached hydrogens (tertiary/aromatic N) is 2. The summed E-state index contributed by atoms with van der Waals surface area (Å²) < 4.78 is 0. The van der Waals surface area contributed by atoms with E-state index in [1.807, 2.05) is 60.7 Å². The zero-order valence-electron chi connectivity index (χ0n) is 14.5. The van der Waals surface area contributed by atoms with Crippen LogP contribution in [0, 0.1) is 34.5 Å². The fourth-order valence-corrected chi connectivity index (χ4v) is 3.68. The van der Waals surface area contributed by atoms with Crippen molar-refractivity contribution in [1.29, 1.82) is 10.5 Å². The van der Waals surface area contributed by atoms with Crippen molar-refractivity contribution in [3.8, 4) is 12.1 Å². The van der Waals surface area contributed by atoms with Crippen molar-refractivity contribution in [2.45, 2.75) is 23.7 Å². The molecule has 0 unspecified atom stereocenters. The van der Waals surface area contributed by atoms with Gasteiger partial charge in [0.15, 0.2) is 0 Å². The van der Waals surface area contributed by atoms with Gasteiger partial charge in [-0.05, 0) is 24.0 Å². The van der Waals surface area contributed by atoms with Crippen LogP contribution in [0.4, 0.5) is 0 Å². The minimum absolute atomic E-state index is 0.114. The molecule has 26 heavy (non-hydrogen) atoms. The van der Waals surface area contributed by atoms with E-state index in [-0.39, 0.29) is 25.0 Å². The van der Waals surface area contributed by atoms with Crippen LogP contribution < -0.4 is 0 Å². The van der Waals surface area contributed by atoms with Gasteiger partial charge in [-0.3, -0.25) is 0 Å². The number of hydrogen-bond donors (Lipinski definition) is 2. The Bertz CT molecular complexity index is 753. The first kappa shape index (κ1) is 18.1. The van der Waals surface area contributed by atoms with Gasteiger partial charge in [-0.1, -0.05) is 60.7 Å². The third kappa shape index (κ3) is 3.10. The quantitative estimate of drug-likeness (QED) is 0.891. The van der Waals surface area contributed by atoms with Gasteiger partial charge in [-0.25, -0.2) is 0 Å². The SMILES string of the molecule is N#C[C@@]1(c2ccccc2)C[C@@H]1CO.N#C[C@]1(c2ccccc2)C[C@@H]1CO. The Morgan fingerprint density at radius 2 is 1.08 bits per heavy atom. The summed E-state index contributed by atoms with van der Waals surface area (Å²) >= 11 is 0. The molecule has 0 aromatic heterocycles. The van der Waals surface area contributed by atoms with E-state index in [1.165, 1.54) is 0 Å². The first-order chi connectivity index (χ1) is 12.7. The molecule has 2 aliphatic rings. The second-order valence-corrected chi connectivity index (χ2v) is 7.07. The van der Waals surface area contributed by atoms with Gasteiger partial charge < -0.3 is 10.2 Å².